The second-order valence-electron chi connectivity index (χ2n) is 7.64. The third kappa shape index (κ3) is 8.83. The minimum Gasteiger partial charge on any atom is -0.382 e. The van der Waals surface area contributed by atoms with Crippen molar-refractivity contribution in [3.05, 3.63) is 0 Å². The summed E-state index contributed by atoms with van der Waals surface area (Å²) in [5.74, 6) is 0.920. The number of hydrogen-bond acceptors (Lipinski definition) is 4. The van der Waals surface area contributed by atoms with Gasteiger partial charge in [-0.1, -0.05) is 25.7 Å². The average Bonchev–Trinajstić information content (AvgIpc) is 2.71. The smallest absolute Gasteiger partial charge is 0.191 e. The lowest BCUT2D eigenvalue weighted by Gasteiger charge is -2.48. The molecule has 0 aromatic carbocycles. The standard InChI is InChI=1S/C20H40N4O2.HI/c1-21-19(22-12-9-15-26-17-16-25-2)23-18-20(10-5-3-6-11-20)24-13-7-4-8-14-24;/h3-18H2,1-2H3,(H2,21,22,23);1H. The van der Waals surface area contributed by atoms with Crippen LogP contribution in [0.15, 0.2) is 4.99 Å². The van der Waals surface area contributed by atoms with Gasteiger partial charge in [-0.05, 0) is 45.2 Å². The normalized spacial score (nSPS) is 20.7. The zero-order valence-corrected chi connectivity index (χ0v) is 19.8. The highest BCUT2D eigenvalue weighted by Crippen LogP contribution is 2.35. The van der Waals surface area contributed by atoms with Gasteiger partial charge in [0, 0.05) is 39.4 Å². The number of aliphatic imine (C=N–C) groups is 1. The molecular weight excluding hydrogens is 455 g/mol. The zero-order chi connectivity index (χ0) is 18.5. The minimum absolute atomic E-state index is 0. The van der Waals surface area contributed by atoms with Crippen molar-refractivity contribution < 1.29 is 9.47 Å². The molecule has 0 aromatic heterocycles. The van der Waals surface area contributed by atoms with Crippen LogP contribution in [0.3, 0.4) is 0 Å². The predicted molar refractivity (Wildman–Crippen MR) is 123 cm³/mol. The summed E-state index contributed by atoms with van der Waals surface area (Å²) >= 11 is 0. The van der Waals surface area contributed by atoms with E-state index in [1.165, 1.54) is 64.5 Å². The van der Waals surface area contributed by atoms with Gasteiger partial charge in [0.1, 0.15) is 0 Å². The number of piperidine rings is 1. The molecule has 0 bridgehead atoms. The summed E-state index contributed by atoms with van der Waals surface area (Å²) in [6.07, 6.45) is 11.9. The molecule has 1 saturated heterocycles. The lowest BCUT2D eigenvalue weighted by molar-refractivity contribution is 0.0368. The monoisotopic (exact) mass is 496 g/mol. The van der Waals surface area contributed by atoms with Gasteiger partial charge < -0.3 is 20.1 Å². The number of halogens is 1. The van der Waals surface area contributed by atoms with Crippen LogP contribution in [-0.4, -0.2) is 76.6 Å². The van der Waals surface area contributed by atoms with Crippen molar-refractivity contribution in [1.29, 1.82) is 0 Å². The lowest BCUT2D eigenvalue weighted by atomic mass is 9.79. The maximum absolute atomic E-state index is 5.51. The van der Waals surface area contributed by atoms with Gasteiger partial charge in [-0.25, -0.2) is 0 Å². The van der Waals surface area contributed by atoms with Gasteiger partial charge in [0.2, 0.25) is 0 Å². The minimum atomic E-state index is 0. The van der Waals surface area contributed by atoms with Crippen molar-refractivity contribution in [3.63, 3.8) is 0 Å². The van der Waals surface area contributed by atoms with Crippen molar-refractivity contribution >= 4 is 29.9 Å². The summed E-state index contributed by atoms with van der Waals surface area (Å²) in [5, 5.41) is 7.05. The number of rotatable bonds is 10. The molecule has 0 atom stereocenters. The quantitative estimate of drug-likeness (QED) is 0.211. The Morgan fingerprint density at radius 2 is 1.67 bits per heavy atom. The Morgan fingerprint density at radius 3 is 2.33 bits per heavy atom. The van der Waals surface area contributed by atoms with Crippen LogP contribution >= 0.6 is 24.0 Å². The molecule has 27 heavy (non-hydrogen) atoms. The highest BCUT2D eigenvalue weighted by atomic mass is 127. The lowest BCUT2D eigenvalue weighted by Crippen LogP contribution is -2.59. The Bertz CT molecular complexity index is 397. The number of nitrogens with zero attached hydrogens (tertiary/aromatic N) is 2. The van der Waals surface area contributed by atoms with Gasteiger partial charge in [0.15, 0.2) is 5.96 Å². The third-order valence-corrected chi connectivity index (χ3v) is 5.81. The molecule has 1 aliphatic carbocycles. The second kappa shape index (κ2) is 14.8. The molecule has 7 heteroatoms. The zero-order valence-electron chi connectivity index (χ0n) is 17.4. The number of hydrogen-bond donors (Lipinski definition) is 2. The van der Waals surface area contributed by atoms with Crippen LogP contribution in [0.2, 0.25) is 0 Å². The van der Waals surface area contributed by atoms with Crippen LogP contribution in [0.1, 0.15) is 57.8 Å². The van der Waals surface area contributed by atoms with E-state index < -0.39 is 0 Å². The maximum atomic E-state index is 5.51. The molecule has 0 unspecified atom stereocenters. The fourth-order valence-corrected chi connectivity index (χ4v) is 4.28. The predicted octanol–water partition coefficient (Wildman–Crippen LogP) is 3.01. The molecule has 160 valence electrons. The highest BCUT2D eigenvalue weighted by molar-refractivity contribution is 14.0. The summed E-state index contributed by atoms with van der Waals surface area (Å²) < 4.78 is 10.5. The molecule has 1 saturated carbocycles. The van der Waals surface area contributed by atoms with Crippen LogP contribution in [0, 0.1) is 0 Å². The van der Waals surface area contributed by atoms with E-state index in [4.69, 9.17) is 9.47 Å². The van der Waals surface area contributed by atoms with Gasteiger partial charge in [0.25, 0.3) is 0 Å². The van der Waals surface area contributed by atoms with Gasteiger partial charge in [-0.2, -0.15) is 0 Å². The van der Waals surface area contributed by atoms with E-state index in [9.17, 15) is 0 Å². The van der Waals surface area contributed by atoms with Crippen LogP contribution in [0.4, 0.5) is 0 Å². The summed E-state index contributed by atoms with van der Waals surface area (Å²) in [6, 6.07) is 0. The van der Waals surface area contributed by atoms with Crippen molar-refractivity contribution in [3.8, 4) is 0 Å². The van der Waals surface area contributed by atoms with Crippen LogP contribution < -0.4 is 10.6 Å². The number of guanidine groups is 1. The molecule has 1 aliphatic heterocycles. The van der Waals surface area contributed by atoms with Crippen LogP contribution in [-0.2, 0) is 9.47 Å². The van der Waals surface area contributed by atoms with Crippen LogP contribution in [0.5, 0.6) is 0 Å². The number of methoxy groups -OCH3 is 1. The van der Waals surface area contributed by atoms with E-state index in [1.54, 1.807) is 7.11 Å². The van der Waals surface area contributed by atoms with E-state index in [1.807, 2.05) is 7.05 Å². The Balaban J connectivity index is 0.00000364. The van der Waals surface area contributed by atoms with E-state index >= 15 is 0 Å². The molecule has 2 aliphatic rings. The highest BCUT2D eigenvalue weighted by Gasteiger charge is 2.38. The van der Waals surface area contributed by atoms with Crippen molar-refractivity contribution in [2.24, 2.45) is 4.99 Å². The fraction of sp³-hybridized carbons (Fsp3) is 0.950. The molecule has 2 N–H and O–H groups in total. The Morgan fingerprint density at radius 1 is 0.963 bits per heavy atom. The number of ether oxygens (including phenoxy) is 2. The number of nitrogens with one attached hydrogen (secondary N) is 2. The Hall–Kier alpha value is -0.120. The molecule has 6 nitrogen and oxygen atoms in total. The van der Waals surface area contributed by atoms with Crippen LogP contribution in [0.25, 0.3) is 0 Å². The molecule has 0 amide bonds. The Kier molecular flexibility index (Phi) is 13.7. The molecule has 1 heterocycles. The SMILES string of the molecule is CN=C(NCCCOCCOC)NCC1(N2CCCCC2)CCCCC1.I. The van der Waals surface area contributed by atoms with Gasteiger partial charge in [0.05, 0.1) is 13.2 Å². The molecule has 0 aromatic rings. The number of likely N-dealkylation sites (tertiary alicyclic amines) is 1. The first kappa shape index (κ1) is 24.9. The maximum Gasteiger partial charge on any atom is 0.191 e. The Labute approximate surface area is 183 Å². The molecule has 2 fully saturated rings. The molecule has 0 spiro atoms. The fourth-order valence-electron chi connectivity index (χ4n) is 4.28. The summed E-state index contributed by atoms with van der Waals surface area (Å²) in [4.78, 5) is 7.19. The molecule has 0 radical (unpaired) electrons. The first-order chi connectivity index (χ1) is 12.8. The van der Waals surface area contributed by atoms with E-state index in [0.717, 1.165) is 32.1 Å². The van der Waals surface area contributed by atoms with Gasteiger partial charge in [-0.3, -0.25) is 9.89 Å². The summed E-state index contributed by atoms with van der Waals surface area (Å²) in [7, 11) is 3.56. The molecular formula is C20H41IN4O2. The van der Waals surface area contributed by atoms with E-state index in [2.05, 4.69) is 20.5 Å². The largest absolute Gasteiger partial charge is 0.382 e. The summed E-state index contributed by atoms with van der Waals surface area (Å²) in [5.41, 5.74) is 0.333. The van der Waals surface area contributed by atoms with Crippen molar-refractivity contribution in [1.82, 2.24) is 15.5 Å². The summed E-state index contributed by atoms with van der Waals surface area (Å²) in [6.45, 7) is 6.52. The van der Waals surface area contributed by atoms with Crippen molar-refractivity contribution in [2.45, 2.75) is 63.3 Å². The van der Waals surface area contributed by atoms with Gasteiger partial charge in [-0.15, -0.1) is 24.0 Å². The topological polar surface area (TPSA) is 58.1 Å². The molecule has 2 rings (SSSR count). The van der Waals surface area contributed by atoms with Gasteiger partial charge >= 0.3 is 0 Å². The van der Waals surface area contributed by atoms with E-state index in [0.29, 0.717) is 18.8 Å². The van der Waals surface area contributed by atoms with Crippen molar-refractivity contribution in [2.75, 3.05) is 60.2 Å². The third-order valence-electron chi connectivity index (χ3n) is 5.81. The average molecular weight is 496 g/mol. The second-order valence-corrected chi connectivity index (χ2v) is 7.64. The first-order valence-electron chi connectivity index (χ1n) is 10.6. The van der Waals surface area contributed by atoms with E-state index in [-0.39, 0.29) is 24.0 Å². The first-order valence-corrected chi connectivity index (χ1v) is 10.6.